The van der Waals surface area contributed by atoms with Gasteiger partial charge in [0.25, 0.3) is 11.8 Å². The quantitative estimate of drug-likeness (QED) is 0.0396. The lowest BCUT2D eigenvalue weighted by atomic mass is 10.1. The molecule has 0 saturated heterocycles. The van der Waals surface area contributed by atoms with Crippen molar-refractivity contribution in [3.05, 3.63) is 114 Å². The van der Waals surface area contributed by atoms with E-state index >= 15 is 0 Å². The summed E-state index contributed by atoms with van der Waals surface area (Å²) in [5.41, 5.74) is 1.15. The van der Waals surface area contributed by atoms with Crippen molar-refractivity contribution in [2.75, 3.05) is 27.8 Å². The summed E-state index contributed by atoms with van der Waals surface area (Å²) in [4.78, 5) is 68.7. The molecular formula is C43H49F3N8O5. The maximum atomic E-state index is 13.0. The zero-order valence-corrected chi connectivity index (χ0v) is 33.5. The Morgan fingerprint density at radius 2 is 1.51 bits per heavy atom. The van der Waals surface area contributed by atoms with Crippen LogP contribution in [0.2, 0.25) is 0 Å². The Morgan fingerprint density at radius 1 is 0.864 bits per heavy atom. The number of hydrogen-bond acceptors (Lipinski definition) is 8. The molecule has 0 bridgehead atoms. The van der Waals surface area contributed by atoms with E-state index in [4.69, 9.17) is 6.42 Å². The Kier molecular flexibility index (Phi) is 20.1. The smallest absolute Gasteiger partial charge is 0.356 e. The molecule has 5 amide bonds. The highest BCUT2D eigenvalue weighted by Crippen LogP contribution is 2.30. The molecular weight excluding hydrogens is 766 g/mol. The second kappa shape index (κ2) is 24.6. The Labute approximate surface area is 342 Å². The number of carbonyl (C=O) groups is 5. The van der Waals surface area contributed by atoms with Gasteiger partial charge in [0.1, 0.15) is 6.04 Å². The molecule has 0 aliphatic heterocycles. The SMILES string of the molecule is C#CCCC(=O)NCCCC.C=CC(=O)NC(C)C(=O)Nc1cccc(Nc2ncc(NC(=O)c3cc(NC(=O)c4cccc(C(F)(F)F)c4)ccc3C)cn2)c1.CC. The van der Waals surface area contributed by atoms with Gasteiger partial charge >= 0.3 is 6.18 Å². The third kappa shape index (κ3) is 16.9. The number of carbonyl (C=O) groups excluding carboxylic acids is 5. The molecule has 4 rings (SSSR count). The summed E-state index contributed by atoms with van der Waals surface area (Å²) in [6.07, 6.45) is 7.37. The van der Waals surface area contributed by atoms with Crippen molar-refractivity contribution < 1.29 is 37.1 Å². The van der Waals surface area contributed by atoms with Gasteiger partial charge in [0.2, 0.25) is 23.7 Å². The normalized spacial score (nSPS) is 10.7. The summed E-state index contributed by atoms with van der Waals surface area (Å²) in [6.45, 7) is 13.4. The van der Waals surface area contributed by atoms with Gasteiger partial charge in [-0.15, -0.1) is 12.3 Å². The molecule has 13 nitrogen and oxygen atoms in total. The number of nitrogens with zero attached hydrogens (tertiary/aromatic N) is 2. The minimum Gasteiger partial charge on any atom is -0.356 e. The van der Waals surface area contributed by atoms with Crippen molar-refractivity contribution >= 4 is 58.2 Å². The lowest BCUT2D eigenvalue weighted by Crippen LogP contribution is -2.40. The van der Waals surface area contributed by atoms with Crippen LogP contribution < -0.4 is 31.9 Å². The summed E-state index contributed by atoms with van der Waals surface area (Å²) < 4.78 is 39.1. The Hall–Kier alpha value is -7.02. The van der Waals surface area contributed by atoms with Gasteiger partial charge in [-0.1, -0.05) is 52.0 Å². The Balaban J connectivity index is 0.000000799. The van der Waals surface area contributed by atoms with Gasteiger partial charge in [-0.05, 0) is 80.4 Å². The largest absolute Gasteiger partial charge is 0.416 e. The third-order valence-electron chi connectivity index (χ3n) is 7.77. The highest BCUT2D eigenvalue weighted by Gasteiger charge is 2.31. The fraction of sp³-hybridized carbons (Fsp3) is 0.279. The summed E-state index contributed by atoms with van der Waals surface area (Å²) in [6, 6.07) is 14.5. The standard InChI is InChI=1S/C32H28F3N7O4.C9H15NO.C2H6/c1-4-27(43)38-19(3)28(44)39-22-9-6-10-23(14-22)42-31-36-16-25(17-37-31)41-30(46)26-15-24(12-11-18(26)2)40-29(45)20-7-5-8-21(13-20)32(33,34)35;1-3-5-7-9(11)10-8-6-4-2;1-2/h4-17,19H,1H2,2-3H3,(H,38,43)(H,39,44)(H,40,45)(H,41,46)(H,36,37,42);1H,4-8H2,2H3,(H,10,11);1-2H3. The number of unbranched alkanes of at least 4 members (excludes halogenated alkanes) is 1. The lowest BCUT2D eigenvalue weighted by molar-refractivity contribution is -0.137. The van der Waals surface area contributed by atoms with E-state index < -0.39 is 41.4 Å². The molecule has 0 aliphatic rings. The molecule has 1 atom stereocenters. The number of terminal acetylenes is 1. The number of aryl methyl sites for hydroxylation is 1. The molecule has 4 aromatic rings. The molecule has 0 fully saturated rings. The Bertz CT molecular complexity index is 2100. The van der Waals surface area contributed by atoms with Crippen molar-refractivity contribution in [3.63, 3.8) is 0 Å². The lowest BCUT2D eigenvalue weighted by Gasteiger charge is -2.14. The van der Waals surface area contributed by atoms with Gasteiger partial charge < -0.3 is 31.9 Å². The molecule has 0 aliphatic carbocycles. The molecule has 1 unspecified atom stereocenters. The molecule has 1 aromatic heterocycles. The van der Waals surface area contributed by atoms with Gasteiger partial charge in [0.15, 0.2) is 0 Å². The molecule has 6 N–H and O–H groups in total. The number of amides is 5. The molecule has 0 radical (unpaired) electrons. The average molecular weight is 815 g/mol. The predicted octanol–water partition coefficient (Wildman–Crippen LogP) is 8.02. The zero-order chi connectivity index (χ0) is 44.0. The van der Waals surface area contributed by atoms with Crippen LogP contribution in [-0.2, 0) is 20.6 Å². The fourth-order valence-electron chi connectivity index (χ4n) is 4.71. The number of aromatic nitrogens is 2. The first-order chi connectivity index (χ1) is 28.1. The average Bonchev–Trinajstić information content (AvgIpc) is 3.22. The van der Waals surface area contributed by atoms with Crippen LogP contribution in [0.15, 0.2) is 91.8 Å². The second-order valence-electron chi connectivity index (χ2n) is 12.3. The molecule has 16 heteroatoms. The van der Waals surface area contributed by atoms with E-state index in [1.54, 1.807) is 37.3 Å². The van der Waals surface area contributed by atoms with Crippen LogP contribution >= 0.6 is 0 Å². The number of alkyl halides is 3. The van der Waals surface area contributed by atoms with Crippen LogP contribution in [-0.4, -0.2) is 52.1 Å². The maximum Gasteiger partial charge on any atom is 0.416 e. The first kappa shape index (κ1) is 48.1. The maximum absolute atomic E-state index is 13.0. The molecule has 312 valence electrons. The van der Waals surface area contributed by atoms with Crippen molar-refractivity contribution in [1.82, 2.24) is 20.6 Å². The first-order valence-corrected chi connectivity index (χ1v) is 18.7. The third-order valence-corrected chi connectivity index (χ3v) is 7.77. The summed E-state index contributed by atoms with van der Waals surface area (Å²) in [7, 11) is 0. The number of nitrogens with one attached hydrogen (secondary N) is 6. The minimum absolute atomic E-state index is 0.0661. The van der Waals surface area contributed by atoms with Crippen molar-refractivity contribution in [1.29, 1.82) is 0 Å². The number of hydrogen-bond donors (Lipinski definition) is 6. The number of benzene rings is 3. The molecule has 3 aromatic carbocycles. The van der Waals surface area contributed by atoms with Gasteiger partial charge in [-0.2, -0.15) is 13.2 Å². The highest BCUT2D eigenvalue weighted by atomic mass is 19.4. The van der Waals surface area contributed by atoms with E-state index in [-0.39, 0.29) is 34.4 Å². The van der Waals surface area contributed by atoms with Crippen LogP contribution in [0.3, 0.4) is 0 Å². The van der Waals surface area contributed by atoms with Crippen LogP contribution in [0.5, 0.6) is 0 Å². The van der Waals surface area contributed by atoms with E-state index in [1.165, 1.54) is 37.5 Å². The van der Waals surface area contributed by atoms with Crippen LogP contribution in [0.4, 0.5) is 41.9 Å². The predicted molar refractivity (Wildman–Crippen MR) is 224 cm³/mol. The molecule has 1 heterocycles. The van der Waals surface area contributed by atoms with Crippen molar-refractivity contribution in [2.45, 2.75) is 72.5 Å². The van der Waals surface area contributed by atoms with Gasteiger partial charge in [0, 0.05) is 47.6 Å². The summed E-state index contributed by atoms with van der Waals surface area (Å²) in [5, 5.41) is 16.1. The zero-order valence-electron chi connectivity index (χ0n) is 33.5. The number of rotatable bonds is 15. The van der Waals surface area contributed by atoms with Gasteiger partial charge in [-0.3, -0.25) is 24.0 Å². The molecule has 59 heavy (non-hydrogen) atoms. The Morgan fingerprint density at radius 3 is 2.15 bits per heavy atom. The summed E-state index contributed by atoms with van der Waals surface area (Å²) >= 11 is 0. The minimum atomic E-state index is -4.60. The second-order valence-corrected chi connectivity index (χ2v) is 12.3. The number of anilines is 5. The van der Waals surface area contributed by atoms with E-state index in [0.717, 1.165) is 43.7 Å². The van der Waals surface area contributed by atoms with E-state index in [0.29, 0.717) is 29.8 Å². The van der Waals surface area contributed by atoms with Crippen molar-refractivity contribution in [2.24, 2.45) is 0 Å². The van der Waals surface area contributed by atoms with Crippen LogP contribution in [0, 0.1) is 19.3 Å². The fourth-order valence-corrected chi connectivity index (χ4v) is 4.71. The van der Waals surface area contributed by atoms with E-state index in [1.807, 2.05) is 13.8 Å². The highest BCUT2D eigenvalue weighted by molar-refractivity contribution is 6.08. The number of halogens is 3. The van der Waals surface area contributed by atoms with Gasteiger partial charge in [-0.25, -0.2) is 9.97 Å². The topological polar surface area (TPSA) is 183 Å². The molecule has 0 spiro atoms. The van der Waals surface area contributed by atoms with Crippen LogP contribution in [0.1, 0.15) is 85.2 Å². The molecule has 0 saturated carbocycles. The van der Waals surface area contributed by atoms with Gasteiger partial charge in [0.05, 0.1) is 23.6 Å². The van der Waals surface area contributed by atoms with E-state index in [2.05, 4.69) is 61.3 Å². The first-order valence-electron chi connectivity index (χ1n) is 18.7. The monoisotopic (exact) mass is 814 g/mol. The van der Waals surface area contributed by atoms with Crippen LogP contribution in [0.25, 0.3) is 0 Å². The van der Waals surface area contributed by atoms with E-state index in [9.17, 15) is 37.1 Å². The van der Waals surface area contributed by atoms with Crippen molar-refractivity contribution in [3.8, 4) is 12.3 Å². The summed E-state index contributed by atoms with van der Waals surface area (Å²) in [5.74, 6) is 0.496.